The zero-order chi connectivity index (χ0) is 17.6. The molecule has 0 atom stereocenters. The first kappa shape index (κ1) is 20.7. The highest BCUT2D eigenvalue weighted by Gasteiger charge is 2.00. The smallest absolute Gasteiger partial charge is 0.191 e. The number of likely N-dealkylation sites (N-methyl/N-ethyl adjacent to an activating group) is 1. The summed E-state index contributed by atoms with van der Waals surface area (Å²) in [4.78, 5) is 6.48. The summed E-state index contributed by atoms with van der Waals surface area (Å²) >= 11 is 3.41. The van der Waals surface area contributed by atoms with Gasteiger partial charge in [0, 0.05) is 44.9 Å². The molecular formula is C17H29BrN4O2. The lowest BCUT2D eigenvalue weighted by Gasteiger charge is -2.18. The Morgan fingerprint density at radius 1 is 1.12 bits per heavy atom. The zero-order valence-corrected chi connectivity index (χ0v) is 16.4. The van der Waals surface area contributed by atoms with Crippen molar-refractivity contribution in [1.29, 1.82) is 0 Å². The highest BCUT2D eigenvalue weighted by atomic mass is 79.9. The maximum Gasteiger partial charge on any atom is 0.191 e. The molecule has 0 aliphatic heterocycles. The molecule has 0 bridgehead atoms. The fourth-order valence-corrected chi connectivity index (χ4v) is 2.31. The first-order valence-electron chi connectivity index (χ1n) is 8.16. The second-order valence-electron chi connectivity index (χ2n) is 5.38. The normalized spacial score (nSPS) is 11.6. The molecule has 0 aliphatic rings. The maximum atomic E-state index is 5.67. The van der Waals surface area contributed by atoms with Crippen molar-refractivity contribution in [3.05, 3.63) is 28.7 Å². The number of ether oxygens (including phenoxy) is 2. The van der Waals surface area contributed by atoms with Crippen molar-refractivity contribution in [3.8, 4) is 5.75 Å². The summed E-state index contributed by atoms with van der Waals surface area (Å²) in [7, 11) is 5.62. The van der Waals surface area contributed by atoms with Crippen LogP contribution in [0.25, 0.3) is 0 Å². The molecule has 6 nitrogen and oxygen atoms in total. The third kappa shape index (κ3) is 9.75. The average molecular weight is 401 g/mol. The molecule has 0 radical (unpaired) electrons. The molecule has 0 heterocycles. The van der Waals surface area contributed by atoms with E-state index in [1.165, 1.54) is 0 Å². The summed E-state index contributed by atoms with van der Waals surface area (Å²) in [5, 5.41) is 6.54. The van der Waals surface area contributed by atoms with Crippen LogP contribution in [0.3, 0.4) is 0 Å². The van der Waals surface area contributed by atoms with Gasteiger partial charge in [0.05, 0.1) is 6.54 Å². The Hall–Kier alpha value is -1.31. The van der Waals surface area contributed by atoms with Gasteiger partial charge in [0.15, 0.2) is 5.96 Å². The van der Waals surface area contributed by atoms with Crippen molar-refractivity contribution in [3.63, 3.8) is 0 Å². The van der Waals surface area contributed by atoms with Gasteiger partial charge in [-0.15, -0.1) is 0 Å². The summed E-state index contributed by atoms with van der Waals surface area (Å²) in [6.45, 7) is 4.91. The first-order chi connectivity index (χ1) is 11.7. The number of nitrogens with one attached hydrogen (secondary N) is 2. The molecule has 0 aromatic heterocycles. The Balaban J connectivity index is 2.11. The summed E-state index contributed by atoms with van der Waals surface area (Å²) in [6.07, 6.45) is 1.05. The average Bonchev–Trinajstić information content (AvgIpc) is 2.59. The molecule has 0 aliphatic carbocycles. The second kappa shape index (κ2) is 13.0. The molecule has 0 saturated carbocycles. The van der Waals surface area contributed by atoms with Gasteiger partial charge >= 0.3 is 0 Å². The molecule has 0 fully saturated rings. The van der Waals surface area contributed by atoms with Gasteiger partial charge in [0.2, 0.25) is 0 Å². The summed E-state index contributed by atoms with van der Waals surface area (Å²) in [5.41, 5.74) is 0. The van der Waals surface area contributed by atoms with Gasteiger partial charge in [0.1, 0.15) is 12.4 Å². The number of nitrogens with zero attached hydrogens (tertiary/aromatic N) is 2. The monoisotopic (exact) mass is 400 g/mol. The van der Waals surface area contributed by atoms with Crippen molar-refractivity contribution in [1.82, 2.24) is 15.5 Å². The molecule has 1 aromatic rings. The van der Waals surface area contributed by atoms with Crippen LogP contribution in [0.4, 0.5) is 0 Å². The topological polar surface area (TPSA) is 58.1 Å². The molecule has 1 rings (SSSR count). The Bertz CT molecular complexity index is 468. The lowest BCUT2D eigenvalue weighted by atomic mass is 10.3. The standard InChI is InChI=1S/C17H29BrN4O2/c1-19-17(20-9-12-22(2)11-4-13-23-3)21-10-14-24-16-7-5-15(18)6-8-16/h5-8H,4,9-14H2,1-3H3,(H2,19,20,21). The third-order valence-corrected chi connectivity index (χ3v) is 3.90. The number of guanidine groups is 1. The zero-order valence-electron chi connectivity index (χ0n) is 14.8. The molecule has 7 heteroatoms. The maximum absolute atomic E-state index is 5.67. The van der Waals surface area contributed by atoms with Gasteiger partial charge in [0.25, 0.3) is 0 Å². The number of methoxy groups -OCH3 is 1. The molecule has 0 saturated heterocycles. The van der Waals surface area contributed by atoms with Crippen LogP contribution >= 0.6 is 15.9 Å². The minimum Gasteiger partial charge on any atom is -0.492 e. The number of aliphatic imine (C=N–C) groups is 1. The molecule has 2 N–H and O–H groups in total. The minimum atomic E-state index is 0.583. The van der Waals surface area contributed by atoms with E-state index < -0.39 is 0 Å². The van der Waals surface area contributed by atoms with Gasteiger partial charge in [-0.2, -0.15) is 0 Å². The quantitative estimate of drug-likeness (QED) is 0.337. The van der Waals surface area contributed by atoms with Crippen LogP contribution in [0.2, 0.25) is 0 Å². The van der Waals surface area contributed by atoms with Crippen LogP contribution in [0.1, 0.15) is 6.42 Å². The molecular weight excluding hydrogens is 372 g/mol. The van der Waals surface area contributed by atoms with Crippen LogP contribution in [0.5, 0.6) is 5.75 Å². The summed E-state index contributed by atoms with van der Waals surface area (Å²) < 4.78 is 11.8. The van der Waals surface area contributed by atoms with E-state index >= 15 is 0 Å². The first-order valence-corrected chi connectivity index (χ1v) is 8.95. The molecule has 24 heavy (non-hydrogen) atoms. The summed E-state index contributed by atoms with van der Waals surface area (Å²) in [6, 6.07) is 7.81. The predicted octanol–water partition coefficient (Wildman–Crippen LogP) is 1.96. The van der Waals surface area contributed by atoms with Crippen LogP contribution < -0.4 is 15.4 Å². The van der Waals surface area contributed by atoms with Crippen molar-refractivity contribution < 1.29 is 9.47 Å². The Kier molecular flexibility index (Phi) is 11.3. The van der Waals surface area contributed by atoms with E-state index in [0.29, 0.717) is 13.2 Å². The fraction of sp³-hybridized carbons (Fsp3) is 0.588. The lowest BCUT2D eigenvalue weighted by molar-refractivity contribution is 0.180. The van der Waals surface area contributed by atoms with Gasteiger partial charge in [-0.1, -0.05) is 15.9 Å². The molecule has 0 spiro atoms. The number of rotatable bonds is 11. The van der Waals surface area contributed by atoms with E-state index in [1.807, 2.05) is 24.3 Å². The molecule has 136 valence electrons. The van der Waals surface area contributed by atoms with E-state index in [1.54, 1.807) is 14.2 Å². The van der Waals surface area contributed by atoms with Crippen LogP contribution in [0.15, 0.2) is 33.7 Å². The van der Waals surface area contributed by atoms with Crippen molar-refractivity contribution in [2.24, 2.45) is 4.99 Å². The van der Waals surface area contributed by atoms with Crippen LogP contribution in [0, 0.1) is 0 Å². The highest BCUT2D eigenvalue weighted by molar-refractivity contribution is 9.10. The number of benzene rings is 1. The van der Waals surface area contributed by atoms with Gasteiger partial charge in [-0.05, 0) is 37.7 Å². The number of halogens is 1. The van der Waals surface area contributed by atoms with Gasteiger partial charge < -0.3 is 25.0 Å². The lowest BCUT2D eigenvalue weighted by Crippen LogP contribution is -2.42. The predicted molar refractivity (Wildman–Crippen MR) is 103 cm³/mol. The fourth-order valence-electron chi connectivity index (χ4n) is 2.05. The Labute approximate surface area is 153 Å². The van der Waals surface area contributed by atoms with Crippen LogP contribution in [-0.4, -0.2) is 71.5 Å². The van der Waals surface area contributed by atoms with Gasteiger partial charge in [-0.3, -0.25) is 4.99 Å². The van der Waals surface area contributed by atoms with E-state index in [4.69, 9.17) is 9.47 Å². The van der Waals surface area contributed by atoms with Crippen molar-refractivity contribution in [2.75, 3.05) is 60.6 Å². The van der Waals surface area contributed by atoms with E-state index in [-0.39, 0.29) is 0 Å². The molecule has 0 amide bonds. The van der Waals surface area contributed by atoms with E-state index in [2.05, 4.69) is 43.5 Å². The number of hydrogen-bond acceptors (Lipinski definition) is 4. The largest absolute Gasteiger partial charge is 0.492 e. The van der Waals surface area contributed by atoms with Gasteiger partial charge in [-0.25, -0.2) is 0 Å². The summed E-state index contributed by atoms with van der Waals surface area (Å²) in [5.74, 6) is 1.65. The van der Waals surface area contributed by atoms with Crippen molar-refractivity contribution >= 4 is 21.9 Å². The Morgan fingerprint density at radius 2 is 1.83 bits per heavy atom. The van der Waals surface area contributed by atoms with Crippen molar-refractivity contribution in [2.45, 2.75) is 6.42 Å². The third-order valence-electron chi connectivity index (χ3n) is 3.37. The molecule has 0 unspecified atom stereocenters. The molecule has 1 aromatic carbocycles. The van der Waals surface area contributed by atoms with Crippen LogP contribution in [-0.2, 0) is 4.74 Å². The minimum absolute atomic E-state index is 0.583. The Morgan fingerprint density at radius 3 is 2.50 bits per heavy atom. The second-order valence-corrected chi connectivity index (χ2v) is 6.29. The highest BCUT2D eigenvalue weighted by Crippen LogP contribution is 2.15. The SMILES string of the molecule is CN=C(NCCOc1ccc(Br)cc1)NCCN(C)CCCOC. The van der Waals surface area contributed by atoms with E-state index in [9.17, 15) is 0 Å². The number of hydrogen-bond donors (Lipinski definition) is 2. The van der Waals surface area contributed by atoms with E-state index in [0.717, 1.165) is 48.8 Å².